The first-order valence-corrected chi connectivity index (χ1v) is 20.6. The van der Waals surface area contributed by atoms with Crippen LogP contribution in [-0.4, -0.2) is 0 Å². The molecule has 54 heavy (non-hydrogen) atoms. The van der Waals surface area contributed by atoms with E-state index < -0.39 is 0 Å². The van der Waals surface area contributed by atoms with Crippen molar-refractivity contribution in [3.8, 4) is 0 Å². The average molecular weight is 707 g/mol. The van der Waals surface area contributed by atoms with Crippen molar-refractivity contribution in [3.05, 3.63) is 180 Å². The van der Waals surface area contributed by atoms with Crippen LogP contribution >= 0.6 is 0 Å². The van der Waals surface area contributed by atoms with Gasteiger partial charge in [-0.1, -0.05) is 124 Å². The first kappa shape index (κ1) is 34.7. The van der Waals surface area contributed by atoms with Crippen LogP contribution in [0.3, 0.4) is 0 Å². The van der Waals surface area contributed by atoms with E-state index in [4.69, 9.17) is 0 Å². The number of benzene rings is 6. The van der Waals surface area contributed by atoms with Gasteiger partial charge < -0.3 is 9.80 Å². The second-order valence-electron chi connectivity index (χ2n) is 16.7. The maximum Gasteiger partial charge on any atom is 0.0461 e. The maximum atomic E-state index is 2.46. The molecule has 0 aliphatic heterocycles. The molecule has 6 aromatic carbocycles. The van der Waals surface area contributed by atoms with E-state index in [2.05, 4.69) is 187 Å². The molecule has 272 valence electrons. The summed E-state index contributed by atoms with van der Waals surface area (Å²) in [6.07, 6.45) is 10.7. The fourth-order valence-electron chi connectivity index (χ4n) is 11.0. The van der Waals surface area contributed by atoms with Crippen LogP contribution in [0.2, 0.25) is 0 Å². The summed E-state index contributed by atoms with van der Waals surface area (Å²) >= 11 is 0. The first-order chi connectivity index (χ1) is 26.6. The zero-order valence-electron chi connectivity index (χ0n) is 32.0. The van der Waals surface area contributed by atoms with E-state index in [1.165, 1.54) is 102 Å². The molecule has 3 fully saturated rings. The Morgan fingerprint density at radius 1 is 0.463 bits per heavy atom. The number of hydrogen-bond acceptors (Lipinski definition) is 2. The van der Waals surface area contributed by atoms with Gasteiger partial charge >= 0.3 is 0 Å². The van der Waals surface area contributed by atoms with Crippen LogP contribution in [0.4, 0.5) is 34.1 Å². The van der Waals surface area contributed by atoms with Crippen LogP contribution in [0.5, 0.6) is 0 Å². The lowest BCUT2D eigenvalue weighted by molar-refractivity contribution is 0.170. The number of nitrogens with zero attached hydrogens (tertiary/aromatic N) is 2. The van der Waals surface area contributed by atoms with E-state index in [0.29, 0.717) is 11.8 Å². The molecule has 5 unspecified atom stereocenters. The third kappa shape index (κ3) is 6.44. The van der Waals surface area contributed by atoms with Crippen molar-refractivity contribution in [3.63, 3.8) is 0 Å². The SMILES string of the molecule is CC(C)C1CCCCC1(c1ccc(N(c2ccccc2)c2ccccc2)cc1)c1ccc(N(c2ccccc2)c2ccc(C3CC4CCC3C4)cc2)cc1. The van der Waals surface area contributed by atoms with Gasteiger partial charge in [-0.2, -0.15) is 0 Å². The molecule has 0 heterocycles. The lowest BCUT2D eigenvalue weighted by atomic mass is 9.56. The van der Waals surface area contributed by atoms with Crippen molar-refractivity contribution >= 4 is 34.1 Å². The quantitative estimate of drug-likeness (QED) is 0.140. The van der Waals surface area contributed by atoms with Gasteiger partial charge in [0, 0.05) is 39.5 Å². The van der Waals surface area contributed by atoms with Crippen molar-refractivity contribution in [1.82, 2.24) is 0 Å². The van der Waals surface area contributed by atoms with Crippen molar-refractivity contribution in [1.29, 1.82) is 0 Å². The second-order valence-corrected chi connectivity index (χ2v) is 16.7. The Kier molecular flexibility index (Phi) is 9.62. The molecule has 3 aliphatic rings. The van der Waals surface area contributed by atoms with Crippen LogP contribution in [0, 0.1) is 23.7 Å². The summed E-state index contributed by atoms with van der Waals surface area (Å²) in [6.45, 7) is 4.88. The molecule has 0 N–H and O–H groups in total. The molecule has 2 bridgehead atoms. The number of rotatable bonds is 10. The van der Waals surface area contributed by atoms with Gasteiger partial charge in [0.05, 0.1) is 0 Å². The minimum absolute atomic E-state index is 0.0479. The summed E-state index contributed by atoms with van der Waals surface area (Å²) in [6, 6.07) is 61.3. The highest BCUT2D eigenvalue weighted by molar-refractivity contribution is 5.78. The van der Waals surface area contributed by atoms with E-state index in [1.54, 1.807) is 0 Å². The second kappa shape index (κ2) is 15.0. The van der Waals surface area contributed by atoms with Crippen molar-refractivity contribution in [2.45, 2.75) is 76.5 Å². The minimum atomic E-state index is -0.0479. The zero-order valence-corrected chi connectivity index (χ0v) is 32.0. The molecular formula is C52H54N2. The van der Waals surface area contributed by atoms with E-state index in [0.717, 1.165) is 17.8 Å². The van der Waals surface area contributed by atoms with Crippen LogP contribution in [-0.2, 0) is 5.41 Å². The van der Waals surface area contributed by atoms with Gasteiger partial charge in [-0.3, -0.25) is 0 Å². The van der Waals surface area contributed by atoms with Crippen LogP contribution < -0.4 is 9.80 Å². The Morgan fingerprint density at radius 3 is 1.31 bits per heavy atom. The number of hydrogen-bond donors (Lipinski definition) is 0. The first-order valence-electron chi connectivity index (χ1n) is 20.6. The predicted molar refractivity (Wildman–Crippen MR) is 228 cm³/mol. The Hall–Kier alpha value is -5.08. The summed E-state index contributed by atoms with van der Waals surface area (Å²) in [7, 11) is 0. The summed E-state index contributed by atoms with van der Waals surface area (Å²) in [5, 5.41) is 0. The number of para-hydroxylation sites is 3. The van der Waals surface area contributed by atoms with Crippen LogP contribution in [0.25, 0.3) is 0 Å². The van der Waals surface area contributed by atoms with Crippen molar-refractivity contribution in [2.75, 3.05) is 9.80 Å². The van der Waals surface area contributed by atoms with E-state index in [1.807, 2.05) is 0 Å². The molecule has 3 saturated carbocycles. The molecule has 6 aromatic rings. The monoisotopic (exact) mass is 706 g/mol. The molecule has 0 spiro atoms. The van der Waals surface area contributed by atoms with E-state index in [9.17, 15) is 0 Å². The molecule has 0 amide bonds. The zero-order chi connectivity index (χ0) is 36.5. The lowest BCUT2D eigenvalue weighted by Gasteiger charge is -2.48. The predicted octanol–water partition coefficient (Wildman–Crippen LogP) is 14.7. The number of fused-ring (bicyclic) bond motifs is 2. The fourth-order valence-corrected chi connectivity index (χ4v) is 11.0. The summed E-state index contributed by atoms with van der Waals surface area (Å²) in [5.41, 5.74) is 11.5. The molecule has 0 aromatic heterocycles. The Balaban J connectivity index is 1.08. The lowest BCUT2D eigenvalue weighted by Crippen LogP contribution is -2.42. The Labute approximate surface area is 323 Å². The molecule has 2 heteroatoms. The Morgan fingerprint density at radius 2 is 0.907 bits per heavy atom. The molecule has 0 saturated heterocycles. The summed E-state index contributed by atoms with van der Waals surface area (Å²) in [4.78, 5) is 4.81. The highest BCUT2D eigenvalue weighted by Crippen LogP contribution is 2.54. The van der Waals surface area contributed by atoms with Gasteiger partial charge in [0.2, 0.25) is 0 Å². The van der Waals surface area contributed by atoms with Crippen LogP contribution in [0.15, 0.2) is 164 Å². The van der Waals surface area contributed by atoms with Gasteiger partial charge in [-0.15, -0.1) is 0 Å². The van der Waals surface area contributed by atoms with Gasteiger partial charge in [0.15, 0.2) is 0 Å². The minimum Gasteiger partial charge on any atom is -0.311 e. The summed E-state index contributed by atoms with van der Waals surface area (Å²) < 4.78 is 0. The third-order valence-corrected chi connectivity index (χ3v) is 13.4. The highest BCUT2D eigenvalue weighted by atomic mass is 15.1. The van der Waals surface area contributed by atoms with E-state index >= 15 is 0 Å². The van der Waals surface area contributed by atoms with Gasteiger partial charge in [0.1, 0.15) is 0 Å². The third-order valence-electron chi connectivity index (χ3n) is 13.4. The molecule has 3 aliphatic carbocycles. The number of anilines is 6. The van der Waals surface area contributed by atoms with Gasteiger partial charge in [0.25, 0.3) is 0 Å². The topological polar surface area (TPSA) is 6.48 Å². The summed E-state index contributed by atoms with van der Waals surface area (Å²) in [5.74, 6) is 3.73. The van der Waals surface area contributed by atoms with Gasteiger partial charge in [-0.05, 0) is 151 Å². The van der Waals surface area contributed by atoms with Crippen molar-refractivity contribution in [2.24, 2.45) is 23.7 Å². The van der Waals surface area contributed by atoms with E-state index in [-0.39, 0.29) is 5.41 Å². The maximum absolute atomic E-state index is 2.46. The molecule has 2 nitrogen and oxygen atoms in total. The normalized spacial score (nSPS) is 23.4. The fraction of sp³-hybridized carbons (Fsp3) is 0.308. The standard InChI is InChI=1S/C52H54N2/c1-38(2)51-20-12-13-35-52(51,42-25-31-48(32-26-42)53(44-14-6-3-7-15-44)45-16-8-4-9-17-45)43-27-33-49(34-28-43)54(46-18-10-5-11-19-46)47-29-23-40(24-30-47)50-37-39-21-22-41(50)36-39/h3-11,14-19,23-34,38-39,41,50-51H,12-13,20-22,35-37H2,1-2H3. The van der Waals surface area contributed by atoms with Crippen LogP contribution in [0.1, 0.15) is 87.8 Å². The molecular weight excluding hydrogens is 653 g/mol. The van der Waals surface area contributed by atoms with Crippen molar-refractivity contribution < 1.29 is 0 Å². The molecule has 9 rings (SSSR count). The molecule has 0 radical (unpaired) electrons. The smallest absolute Gasteiger partial charge is 0.0461 e. The average Bonchev–Trinajstić information content (AvgIpc) is 3.88. The highest BCUT2D eigenvalue weighted by Gasteiger charge is 2.45. The molecule has 5 atom stereocenters. The largest absolute Gasteiger partial charge is 0.311 e. The Bertz CT molecular complexity index is 2070. The van der Waals surface area contributed by atoms with Gasteiger partial charge in [-0.25, -0.2) is 0 Å².